The van der Waals surface area contributed by atoms with Gasteiger partial charge in [-0.3, -0.25) is 13.9 Å². The normalized spacial score (nSPS) is 14.9. The number of para-hydroxylation sites is 1. The van der Waals surface area contributed by atoms with Crippen molar-refractivity contribution in [2.75, 3.05) is 48.8 Å². The monoisotopic (exact) mass is 475 g/mol. The van der Waals surface area contributed by atoms with Gasteiger partial charge in [0, 0.05) is 13.1 Å². The molecule has 0 unspecified atom stereocenters. The van der Waals surface area contributed by atoms with Gasteiger partial charge in [-0.15, -0.1) is 0 Å². The van der Waals surface area contributed by atoms with E-state index in [1.165, 1.54) is 6.92 Å². The van der Waals surface area contributed by atoms with E-state index >= 15 is 0 Å². The minimum atomic E-state index is -3.78. The van der Waals surface area contributed by atoms with E-state index in [2.05, 4.69) is 5.32 Å². The molecular formula is C23H29N3O6S. The van der Waals surface area contributed by atoms with Crippen molar-refractivity contribution in [3.05, 3.63) is 54.1 Å². The Kier molecular flexibility index (Phi) is 7.93. The molecule has 0 aliphatic carbocycles. The van der Waals surface area contributed by atoms with E-state index in [-0.39, 0.29) is 5.91 Å². The SMILES string of the molecule is CCOc1ccc(N([C@H](C)C(=O)Nc2ccccc2C(=O)N2CCOCC2)S(C)(=O)=O)cc1. The van der Waals surface area contributed by atoms with Crippen molar-refractivity contribution in [3.8, 4) is 5.75 Å². The van der Waals surface area contributed by atoms with Crippen LogP contribution in [0.3, 0.4) is 0 Å². The molecule has 1 heterocycles. The lowest BCUT2D eigenvalue weighted by Crippen LogP contribution is -2.45. The van der Waals surface area contributed by atoms with Crippen molar-refractivity contribution in [2.24, 2.45) is 0 Å². The van der Waals surface area contributed by atoms with E-state index in [0.29, 0.717) is 55.6 Å². The maximum atomic E-state index is 13.1. The molecule has 9 nitrogen and oxygen atoms in total. The summed E-state index contributed by atoms with van der Waals surface area (Å²) < 4.78 is 36.9. The molecule has 33 heavy (non-hydrogen) atoms. The van der Waals surface area contributed by atoms with Crippen molar-refractivity contribution in [1.29, 1.82) is 0 Å². The van der Waals surface area contributed by atoms with Gasteiger partial charge in [0.2, 0.25) is 15.9 Å². The van der Waals surface area contributed by atoms with Crippen LogP contribution in [0.15, 0.2) is 48.5 Å². The van der Waals surface area contributed by atoms with Gasteiger partial charge in [0.1, 0.15) is 11.8 Å². The lowest BCUT2D eigenvalue weighted by Gasteiger charge is -2.29. The molecule has 0 aromatic heterocycles. The summed E-state index contributed by atoms with van der Waals surface area (Å²) in [6.07, 6.45) is 1.04. The predicted molar refractivity (Wildman–Crippen MR) is 126 cm³/mol. The molecule has 2 amide bonds. The zero-order valence-electron chi connectivity index (χ0n) is 19.0. The van der Waals surface area contributed by atoms with Gasteiger partial charge in [-0.05, 0) is 50.2 Å². The average molecular weight is 476 g/mol. The fraction of sp³-hybridized carbons (Fsp3) is 0.391. The first-order valence-corrected chi connectivity index (χ1v) is 12.6. The number of sulfonamides is 1. The summed E-state index contributed by atoms with van der Waals surface area (Å²) in [5.41, 5.74) is 0.999. The second-order valence-corrected chi connectivity index (χ2v) is 9.46. The standard InChI is InChI=1S/C23H29N3O6S/c1-4-32-19-11-9-18(10-12-19)26(33(3,29)30)17(2)22(27)24-21-8-6-5-7-20(21)23(28)25-13-15-31-16-14-25/h5-12,17H,4,13-16H2,1-3H3,(H,24,27)/t17-/m1/s1. The van der Waals surface area contributed by atoms with Crippen LogP contribution in [-0.2, 0) is 19.6 Å². The number of carbonyl (C=O) groups is 2. The van der Waals surface area contributed by atoms with Crippen molar-refractivity contribution in [1.82, 2.24) is 4.90 Å². The van der Waals surface area contributed by atoms with Gasteiger partial charge in [0.05, 0.1) is 43.0 Å². The first-order chi connectivity index (χ1) is 15.7. The lowest BCUT2D eigenvalue weighted by atomic mass is 10.1. The van der Waals surface area contributed by atoms with E-state index in [1.807, 2.05) is 6.92 Å². The Morgan fingerprint density at radius 3 is 2.36 bits per heavy atom. The average Bonchev–Trinajstić information content (AvgIpc) is 2.80. The largest absolute Gasteiger partial charge is 0.494 e. The number of morpholine rings is 1. The first kappa shape index (κ1) is 24.5. The molecule has 178 valence electrons. The Hall–Kier alpha value is -3.11. The molecule has 10 heteroatoms. The summed E-state index contributed by atoms with van der Waals surface area (Å²) in [6, 6.07) is 12.1. The molecule has 2 aromatic rings. The molecule has 1 fully saturated rings. The molecule has 2 aromatic carbocycles. The fourth-order valence-electron chi connectivity index (χ4n) is 3.62. The molecule has 3 rings (SSSR count). The maximum absolute atomic E-state index is 13.1. The molecule has 1 N–H and O–H groups in total. The van der Waals surface area contributed by atoms with E-state index in [1.54, 1.807) is 53.4 Å². The van der Waals surface area contributed by atoms with Crippen molar-refractivity contribution < 1.29 is 27.5 Å². The topological polar surface area (TPSA) is 105 Å². The first-order valence-electron chi connectivity index (χ1n) is 10.7. The van der Waals surface area contributed by atoms with Gasteiger partial charge in [0.15, 0.2) is 0 Å². The zero-order chi connectivity index (χ0) is 24.0. The molecular weight excluding hydrogens is 446 g/mol. The van der Waals surface area contributed by atoms with Crippen LogP contribution < -0.4 is 14.4 Å². The predicted octanol–water partition coefficient (Wildman–Crippen LogP) is 2.35. The summed E-state index contributed by atoms with van der Waals surface area (Å²) in [6.45, 7) is 5.69. The third kappa shape index (κ3) is 6.02. The second-order valence-electron chi connectivity index (χ2n) is 7.60. The number of amides is 2. The van der Waals surface area contributed by atoms with Crippen molar-refractivity contribution in [2.45, 2.75) is 19.9 Å². The van der Waals surface area contributed by atoms with Crippen molar-refractivity contribution >= 4 is 33.2 Å². The molecule has 0 spiro atoms. The summed E-state index contributed by atoms with van der Waals surface area (Å²) in [7, 11) is -3.78. The number of anilines is 2. The van der Waals surface area contributed by atoms with E-state index in [0.717, 1.165) is 10.6 Å². The van der Waals surface area contributed by atoms with Crippen LogP contribution in [0.5, 0.6) is 5.75 Å². The van der Waals surface area contributed by atoms with Crippen LogP contribution >= 0.6 is 0 Å². The number of nitrogens with zero attached hydrogens (tertiary/aromatic N) is 2. The molecule has 1 saturated heterocycles. The third-order valence-corrected chi connectivity index (χ3v) is 6.45. The molecule has 0 radical (unpaired) electrons. The molecule has 1 aliphatic heterocycles. The minimum absolute atomic E-state index is 0.215. The van der Waals surface area contributed by atoms with Gasteiger partial charge in [-0.1, -0.05) is 12.1 Å². The van der Waals surface area contributed by atoms with Crippen LogP contribution in [0.1, 0.15) is 24.2 Å². The highest BCUT2D eigenvalue weighted by molar-refractivity contribution is 7.92. The molecule has 0 bridgehead atoms. The number of rotatable bonds is 8. The number of ether oxygens (including phenoxy) is 2. The van der Waals surface area contributed by atoms with Crippen LogP contribution in [0.25, 0.3) is 0 Å². The van der Waals surface area contributed by atoms with Gasteiger partial charge in [-0.25, -0.2) is 8.42 Å². The van der Waals surface area contributed by atoms with Crippen LogP contribution in [0.4, 0.5) is 11.4 Å². The van der Waals surface area contributed by atoms with Crippen LogP contribution in [-0.4, -0.2) is 70.3 Å². The van der Waals surface area contributed by atoms with E-state index in [4.69, 9.17) is 9.47 Å². The molecule has 1 aliphatic rings. The Labute approximate surface area is 194 Å². The van der Waals surface area contributed by atoms with Gasteiger partial charge >= 0.3 is 0 Å². The number of hydrogen-bond donors (Lipinski definition) is 1. The van der Waals surface area contributed by atoms with Crippen LogP contribution in [0.2, 0.25) is 0 Å². The smallest absolute Gasteiger partial charge is 0.256 e. The number of benzene rings is 2. The van der Waals surface area contributed by atoms with Gasteiger partial charge in [0.25, 0.3) is 5.91 Å². The summed E-state index contributed by atoms with van der Waals surface area (Å²) in [5, 5.41) is 2.74. The molecule has 1 atom stereocenters. The highest BCUT2D eigenvalue weighted by atomic mass is 32.2. The number of hydrogen-bond acceptors (Lipinski definition) is 6. The Morgan fingerprint density at radius 2 is 1.76 bits per heavy atom. The van der Waals surface area contributed by atoms with Crippen molar-refractivity contribution in [3.63, 3.8) is 0 Å². The minimum Gasteiger partial charge on any atom is -0.494 e. The summed E-state index contributed by atoms with van der Waals surface area (Å²) in [5.74, 6) is -0.174. The van der Waals surface area contributed by atoms with Crippen LogP contribution in [0, 0.1) is 0 Å². The fourth-order valence-corrected chi connectivity index (χ4v) is 4.79. The Balaban J connectivity index is 1.83. The Morgan fingerprint density at radius 1 is 1.12 bits per heavy atom. The van der Waals surface area contributed by atoms with Gasteiger partial charge in [-0.2, -0.15) is 0 Å². The highest BCUT2D eigenvalue weighted by Crippen LogP contribution is 2.25. The zero-order valence-corrected chi connectivity index (χ0v) is 19.8. The molecule has 0 saturated carbocycles. The maximum Gasteiger partial charge on any atom is 0.256 e. The van der Waals surface area contributed by atoms with E-state index in [9.17, 15) is 18.0 Å². The second kappa shape index (κ2) is 10.7. The van der Waals surface area contributed by atoms with E-state index < -0.39 is 22.0 Å². The number of nitrogens with one attached hydrogen (secondary N) is 1. The summed E-state index contributed by atoms with van der Waals surface area (Å²) >= 11 is 0. The Bertz CT molecular complexity index is 1080. The quantitative estimate of drug-likeness (QED) is 0.628. The number of carbonyl (C=O) groups excluding carboxylic acids is 2. The highest BCUT2D eigenvalue weighted by Gasteiger charge is 2.30. The summed E-state index contributed by atoms with van der Waals surface area (Å²) in [4.78, 5) is 27.7. The van der Waals surface area contributed by atoms with Gasteiger partial charge < -0.3 is 19.7 Å². The third-order valence-electron chi connectivity index (χ3n) is 5.20. The lowest BCUT2D eigenvalue weighted by molar-refractivity contribution is -0.116.